The van der Waals surface area contributed by atoms with Gasteiger partial charge in [0.05, 0.1) is 24.9 Å². The highest BCUT2D eigenvalue weighted by atomic mass is 32.1. The lowest BCUT2D eigenvalue weighted by Gasteiger charge is -2.34. The SMILES string of the molecule is C=C[C@@H]1C[C@]1(NC(=O)C1C[C@@H](Oc2cc(-c3csc(NC4CCCC4)n3)nc3cc(OC)ccc23)CN1C(=O)[C@@H](NC(=O)OC1CCCC1)C1CCCCC1)C(=O)O. The first-order valence-electron chi connectivity index (χ1n) is 21.0. The fraction of sp³-hybridized carbons (Fsp3) is 0.581. The van der Waals surface area contributed by atoms with Crippen LogP contribution in [0.25, 0.3) is 22.3 Å². The molecule has 4 N–H and O–H groups in total. The summed E-state index contributed by atoms with van der Waals surface area (Å²) in [5.74, 6) is -1.61. The molecule has 2 aromatic heterocycles. The number of carboxylic acids is 1. The Balaban J connectivity index is 1.09. The summed E-state index contributed by atoms with van der Waals surface area (Å²) in [6.45, 7) is 3.80. The zero-order chi connectivity index (χ0) is 40.4. The van der Waals surface area contributed by atoms with Crippen LogP contribution in [0.3, 0.4) is 0 Å². The summed E-state index contributed by atoms with van der Waals surface area (Å²) in [5, 5.41) is 23.0. The predicted molar refractivity (Wildman–Crippen MR) is 219 cm³/mol. The Kier molecular flexibility index (Phi) is 11.8. The average molecular weight is 815 g/mol. The maximum absolute atomic E-state index is 14.9. The van der Waals surface area contributed by atoms with E-state index < -0.39 is 53.5 Å². The van der Waals surface area contributed by atoms with Crippen molar-refractivity contribution in [2.75, 3.05) is 19.0 Å². The van der Waals surface area contributed by atoms with Crippen molar-refractivity contribution in [2.45, 2.75) is 132 Å². The number of carboxylic acid groups (broad SMARTS) is 1. The number of anilines is 1. The monoisotopic (exact) mass is 814 g/mol. The van der Waals surface area contributed by atoms with E-state index in [1.807, 2.05) is 29.6 Å². The molecule has 1 saturated heterocycles. The fourth-order valence-corrected chi connectivity index (χ4v) is 10.2. The van der Waals surface area contributed by atoms with Crippen LogP contribution in [0.15, 0.2) is 42.3 Å². The molecule has 15 heteroatoms. The molecule has 5 atom stereocenters. The number of benzene rings is 1. The molecule has 5 aliphatic rings. The van der Waals surface area contributed by atoms with Gasteiger partial charge in [0.15, 0.2) is 5.13 Å². The van der Waals surface area contributed by atoms with E-state index >= 15 is 0 Å². The Bertz CT molecular complexity index is 2020. The number of alkyl carbamates (subject to hydrolysis) is 1. The highest BCUT2D eigenvalue weighted by Gasteiger charge is 2.61. The third-order valence-corrected chi connectivity index (χ3v) is 13.6. The Morgan fingerprint density at radius 1 is 0.966 bits per heavy atom. The first-order chi connectivity index (χ1) is 28.1. The van der Waals surface area contributed by atoms with Crippen molar-refractivity contribution in [3.05, 3.63) is 42.3 Å². The number of thiazole rings is 1. The van der Waals surface area contributed by atoms with Gasteiger partial charge in [-0.25, -0.2) is 19.6 Å². The molecule has 1 aliphatic heterocycles. The van der Waals surface area contributed by atoms with E-state index in [9.17, 15) is 24.3 Å². The van der Waals surface area contributed by atoms with Crippen LogP contribution in [0.2, 0.25) is 0 Å². The minimum atomic E-state index is -1.49. The number of methoxy groups -OCH3 is 1. The standard InChI is InChI=1S/C43H54N6O8S/c1-3-26-22-43(26,40(52)53)48-38(50)35-20-30(23-49(35)39(51)37(25-11-5-4-6-12-25)47-42(54)57-28-15-9-10-16-28)56-36-21-33(45-32-19-29(55-2)17-18-31(32)36)34-24-58-41(46-34)44-27-13-7-8-14-27/h3,17-19,21,24-28,30,35,37H,1,4-16,20,22-23H2,2H3,(H,44,46)(H,47,54)(H,48,50)(H,52,53)/t26-,30-,35?,37+,43-/m1/s1. The maximum atomic E-state index is 14.9. The number of hydrogen-bond donors (Lipinski definition) is 4. The molecule has 4 saturated carbocycles. The summed E-state index contributed by atoms with van der Waals surface area (Å²) in [6.07, 6.45) is 13.0. The van der Waals surface area contributed by atoms with E-state index in [2.05, 4.69) is 22.5 Å². The molecule has 5 fully saturated rings. The molecule has 3 aromatic rings. The molecule has 1 aromatic carbocycles. The van der Waals surface area contributed by atoms with Gasteiger partial charge in [-0.3, -0.25) is 9.59 Å². The van der Waals surface area contributed by atoms with Gasteiger partial charge >= 0.3 is 12.1 Å². The smallest absolute Gasteiger partial charge is 0.408 e. The first kappa shape index (κ1) is 39.9. The number of ether oxygens (including phenoxy) is 3. The Hall–Kier alpha value is -4.92. The lowest BCUT2D eigenvalue weighted by atomic mass is 9.83. The van der Waals surface area contributed by atoms with Crippen LogP contribution in [-0.4, -0.2) is 93.4 Å². The number of pyridine rings is 1. The number of rotatable bonds is 14. The van der Waals surface area contributed by atoms with Gasteiger partial charge in [0.1, 0.15) is 47.0 Å². The number of aliphatic carboxylic acids is 1. The molecule has 14 nitrogen and oxygen atoms in total. The van der Waals surface area contributed by atoms with Gasteiger partial charge in [0, 0.05) is 41.3 Å². The Morgan fingerprint density at radius 3 is 2.41 bits per heavy atom. The molecular weight excluding hydrogens is 761 g/mol. The van der Waals surface area contributed by atoms with E-state index in [-0.39, 0.29) is 31.4 Å². The van der Waals surface area contributed by atoms with Gasteiger partial charge in [-0.05, 0) is 75.8 Å². The average Bonchev–Trinajstić information content (AvgIpc) is 3.87. The molecule has 0 bridgehead atoms. The molecule has 3 amide bonds. The molecular formula is C43H54N6O8S. The number of aromatic nitrogens is 2. The summed E-state index contributed by atoms with van der Waals surface area (Å²) in [6, 6.07) is 5.79. The zero-order valence-corrected chi connectivity index (χ0v) is 33.9. The van der Waals surface area contributed by atoms with Gasteiger partial charge < -0.3 is 40.2 Å². The Morgan fingerprint density at radius 2 is 1.71 bits per heavy atom. The topological polar surface area (TPSA) is 181 Å². The molecule has 8 rings (SSSR count). The number of carbonyl (C=O) groups is 4. The number of likely N-dealkylation sites (tertiary alicyclic amines) is 1. The predicted octanol–water partition coefficient (Wildman–Crippen LogP) is 6.83. The normalized spacial score (nSPS) is 25.6. The number of nitrogens with zero attached hydrogens (tertiary/aromatic N) is 3. The van der Waals surface area contributed by atoms with E-state index in [0.717, 1.165) is 75.8 Å². The molecule has 0 radical (unpaired) electrons. The molecule has 310 valence electrons. The van der Waals surface area contributed by atoms with Gasteiger partial charge in [0.25, 0.3) is 0 Å². The van der Waals surface area contributed by atoms with Crippen LogP contribution in [0, 0.1) is 11.8 Å². The summed E-state index contributed by atoms with van der Waals surface area (Å²) in [5.41, 5.74) is 0.418. The van der Waals surface area contributed by atoms with E-state index in [1.165, 1.54) is 35.2 Å². The highest BCUT2D eigenvalue weighted by molar-refractivity contribution is 7.14. The second kappa shape index (κ2) is 17.1. The van der Waals surface area contributed by atoms with Crippen LogP contribution >= 0.6 is 11.3 Å². The van der Waals surface area contributed by atoms with E-state index in [1.54, 1.807) is 7.11 Å². The number of nitrogens with one attached hydrogen (secondary N) is 3. The first-order valence-corrected chi connectivity index (χ1v) is 21.9. The van der Waals surface area contributed by atoms with Crippen LogP contribution in [-0.2, 0) is 19.1 Å². The summed E-state index contributed by atoms with van der Waals surface area (Å²) in [4.78, 5) is 66.2. The molecule has 58 heavy (non-hydrogen) atoms. The van der Waals surface area contributed by atoms with Gasteiger partial charge in [-0.15, -0.1) is 17.9 Å². The number of hydrogen-bond acceptors (Lipinski definition) is 11. The molecule has 0 spiro atoms. The van der Waals surface area contributed by atoms with Crippen LogP contribution in [0.4, 0.5) is 9.93 Å². The molecule has 3 heterocycles. The van der Waals surface area contributed by atoms with Crippen LogP contribution in [0.5, 0.6) is 11.5 Å². The molecule has 1 unspecified atom stereocenters. The highest BCUT2D eigenvalue weighted by Crippen LogP contribution is 2.45. The molecule has 4 aliphatic carbocycles. The van der Waals surface area contributed by atoms with E-state index in [0.29, 0.717) is 39.8 Å². The van der Waals surface area contributed by atoms with Crippen molar-refractivity contribution in [3.63, 3.8) is 0 Å². The van der Waals surface area contributed by atoms with Crippen molar-refractivity contribution in [3.8, 4) is 22.9 Å². The lowest BCUT2D eigenvalue weighted by Crippen LogP contribution is -2.58. The summed E-state index contributed by atoms with van der Waals surface area (Å²) < 4.78 is 18.1. The van der Waals surface area contributed by atoms with Crippen molar-refractivity contribution in [1.82, 2.24) is 25.5 Å². The largest absolute Gasteiger partial charge is 0.497 e. The number of carbonyl (C=O) groups excluding carboxylic acids is 3. The van der Waals surface area contributed by atoms with Crippen LogP contribution in [0.1, 0.15) is 96.3 Å². The third kappa shape index (κ3) is 8.46. The van der Waals surface area contributed by atoms with Gasteiger partial charge in [-0.2, -0.15) is 0 Å². The third-order valence-electron chi connectivity index (χ3n) is 12.8. The van der Waals surface area contributed by atoms with Crippen LogP contribution < -0.4 is 25.4 Å². The summed E-state index contributed by atoms with van der Waals surface area (Å²) in [7, 11) is 1.59. The van der Waals surface area contributed by atoms with Crippen molar-refractivity contribution in [1.29, 1.82) is 0 Å². The second-order valence-electron chi connectivity index (χ2n) is 16.7. The lowest BCUT2D eigenvalue weighted by molar-refractivity contribution is -0.146. The fourth-order valence-electron chi connectivity index (χ4n) is 9.45. The Labute approximate surface area is 342 Å². The van der Waals surface area contributed by atoms with Crippen molar-refractivity contribution >= 4 is 51.2 Å². The minimum Gasteiger partial charge on any atom is -0.497 e. The quantitative estimate of drug-likeness (QED) is 0.125. The summed E-state index contributed by atoms with van der Waals surface area (Å²) >= 11 is 1.53. The van der Waals surface area contributed by atoms with Gasteiger partial charge in [-0.1, -0.05) is 38.2 Å². The zero-order valence-electron chi connectivity index (χ0n) is 33.1. The number of amides is 3. The van der Waals surface area contributed by atoms with E-state index in [4.69, 9.17) is 24.2 Å². The minimum absolute atomic E-state index is 0.0336. The van der Waals surface area contributed by atoms with Gasteiger partial charge in [0.2, 0.25) is 11.8 Å². The maximum Gasteiger partial charge on any atom is 0.408 e. The van der Waals surface area contributed by atoms with Crippen molar-refractivity contribution in [2.24, 2.45) is 11.8 Å². The van der Waals surface area contributed by atoms with Crippen molar-refractivity contribution < 1.29 is 38.5 Å². The number of fused-ring (bicyclic) bond motifs is 1. The second-order valence-corrected chi connectivity index (χ2v) is 17.5.